The van der Waals surface area contributed by atoms with Gasteiger partial charge in [0.2, 0.25) is 29.5 Å². The van der Waals surface area contributed by atoms with Gasteiger partial charge in [-0.25, -0.2) is 4.79 Å². The number of hydrogen-bond donors (Lipinski definition) is 7. The molecule has 0 spiro atoms. The minimum atomic E-state index is -1.26. The van der Waals surface area contributed by atoms with Gasteiger partial charge in [-0.15, -0.1) is 0 Å². The molecule has 0 saturated heterocycles. The number of carbonyl (C=O) groups is 6. The molecule has 0 aliphatic rings. The third kappa shape index (κ3) is 10.4. The Balaban J connectivity index is 5.03. The molecule has 170 valence electrons. The molecule has 4 atom stereocenters. The van der Waals surface area contributed by atoms with Gasteiger partial charge in [-0.3, -0.25) is 24.0 Å². The summed E-state index contributed by atoms with van der Waals surface area (Å²) in [4.78, 5) is 69.5. The summed E-state index contributed by atoms with van der Waals surface area (Å²) < 4.78 is 0. The zero-order chi connectivity index (χ0) is 23.4. The van der Waals surface area contributed by atoms with E-state index in [1.165, 1.54) is 0 Å². The molecule has 0 aliphatic heterocycles. The van der Waals surface area contributed by atoms with Crippen LogP contribution in [0.25, 0.3) is 0 Å². The quantitative estimate of drug-likeness (QED) is 0.147. The molecule has 5 amide bonds. The van der Waals surface area contributed by atoms with E-state index in [2.05, 4.69) is 16.0 Å². The summed E-state index contributed by atoms with van der Waals surface area (Å²) in [5.41, 5.74) is 15.5. The smallest absolute Gasteiger partial charge is 0.326 e. The van der Waals surface area contributed by atoms with Gasteiger partial charge in [-0.05, 0) is 12.3 Å². The standard InChI is InChI=1S/C17H30N6O7/c1-3-8(2)14(17(29)30)23-16(28)10(4-5-11(19)24)22-13(26)7-21-15(27)9(18)6-12(20)25/h8-10,14H,3-7,18H2,1-2H3,(H2,19,24)(H2,20,25)(H,21,27)(H,22,26)(H,23,28)(H,29,30). The van der Waals surface area contributed by atoms with Gasteiger partial charge in [0.25, 0.3) is 0 Å². The first kappa shape index (κ1) is 26.8. The third-order valence-electron chi connectivity index (χ3n) is 4.29. The Morgan fingerprint density at radius 3 is 2.03 bits per heavy atom. The second-order valence-corrected chi connectivity index (χ2v) is 6.83. The molecule has 4 unspecified atom stereocenters. The highest BCUT2D eigenvalue weighted by Gasteiger charge is 2.29. The number of rotatable bonds is 14. The molecule has 13 heteroatoms. The van der Waals surface area contributed by atoms with Crippen molar-refractivity contribution in [3.8, 4) is 0 Å². The van der Waals surface area contributed by atoms with Gasteiger partial charge in [-0.1, -0.05) is 20.3 Å². The fourth-order valence-electron chi connectivity index (χ4n) is 2.35. The summed E-state index contributed by atoms with van der Waals surface area (Å²) >= 11 is 0. The average molecular weight is 430 g/mol. The van der Waals surface area contributed by atoms with Gasteiger partial charge >= 0.3 is 5.97 Å². The van der Waals surface area contributed by atoms with Crippen LogP contribution < -0.4 is 33.2 Å². The Labute approximate surface area is 173 Å². The highest BCUT2D eigenvalue weighted by Crippen LogP contribution is 2.09. The molecule has 30 heavy (non-hydrogen) atoms. The minimum Gasteiger partial charge on any atom is -0.480 e. The summed E-state index contributed by atoms with van der Waals surface area (Å²) in [6, 6.07) is -3.69. The maximum absolute atomic E-state index is 12.5. The summed E-state index contributed by atoms with van der Waals surface area (Å²) in [6.45, 7) is 2.82. The molecule has 13 nitrogen and oxygen atoms in total. The van der Waals surface area contributed by atoms with Crippen LogP contribution in [0, 0.1) is 5.92 Å². The Morgan fingerprint density at radius 1 is 0.967 bits per heavy atom. The van der Waals surface area contributed by atoms with E-state index in [9.17, 15) is 33.9 Å². The highest BCUT2D eigenvalue weighted by atomic mass is 16.4. The Bertz CT molecular complexity index is 669. The van der Waals surface area contributed by atoms with Crippen LogP contribution in [-0.4, -0.2) is 65.3 Å². The van der Waals surface area contributed by atoms with Crippen molar-refractivity contribution < 1.29 is 33.9 Å². The van der Waals surface area contributed by atoms with Gasteiger partial charge in [0.1, 0.15) is 12.1 Å². The van der Waals surface area contributed by atoms with Gasteiger partial charge in [0, 0.05) is 6.42 Å². The van der Waals surface area contributed by atoms with Crippen LogP contribution in [0.15, 0.2) is 0 Å². The number of carbonyl (C=O) groups excluding carboxylic acids is 5. The van der Waals surface area contributed by atoms with E-state index in [-0.39, 0.29) is 18.8 Å². The van der Waals surface area contributed by atoms with Gasteiger partial charge in [0.05, 0.1) is 19.0 Å². The van der Waals surface area contributed by atoms with Crippen molar-refractivity contribution in [3.05, 3.63) is 0 Å². The largest absolute Gasteiger partial charge is 0.480 e. The van der Waals surface area contributed by atoms with Crippen molar-refractivity contribution in [1.29, 1.82) is 0 Å². The Hall–Kier alpha value is -3.22. The molecule has 0 aliphatic carbocycles. The van der Waals surface area contributed by atoms with Crippen molar-refractivity contribution in [1.82, 2.24) is 16.0 Å². The number of primary amides is 2. The van der Waals surface area contributed by atoms with E-state index < -0.39 is 66.6 Å². The van der Waals surface area contributed by atoms with Gasteiger partial charge < -0.3 is 38.3 Å². The monoisotopic (exact) mass is 430 g/mol. The molecular weight excluding hydrogens is 400 g/mol. The number of nitrogens with one attached hydrogen (secondary N) is 3. The lowest BCUT2D eigenvalue weighted by atomic mass is 9.98. The molecule has 0 bridgehead atoms. The first-order chi connectivity index (χ1) is 13.9. The summed E-state index contributed by atoms with van der Waals surface area (Å²) in [7, 11) is 0. The first-order valence-corrected chi connectivity index (χ1v) is 9.31. The van der Waals surface area contributed by atoms with Crippen LogP contribution in [0.2, 0.25) is 0 Å². The zero-order valence-corrected chi connectivity index (χ0v) is 17.0. The van der Waals surface area contributed by atoms with Crippen LogP contribution in [0.3, 0.4) is 0 Å². The van der Waals surface area contributed by atoms with Crippen LogP contribution in [0.5, 0.6) is 0 Å². The number of carboxylic acids is 1. The van der Waals surface area contributed by atoms with E-state index in [4.69, 9.17) is 17.2 Å². The number of nitrogens with two attached hydrogens (primary N) is 3. The van der Waals surface area contributed by atoms with Crippen molar-refractivity contribution in [2.45, 2.75) is 57.7 Å². The topological polar surface area (TPSA) is 237 Å². The molecule has 0 aromatic rings. The molecule has 0 aromatic carbocycles. The highest BCUT2D eigenvalue weighted by molar-refractivity contribution is 5.93. The molecule has 0 saturated carbocycles. The van der Waals surface area contributed by atoms with Crippen LogP contribution in [-0.2, 0) is 28.8 Å². The maximum Gasteiger partial charge on any atom is 0.326 e. The fourth-order valence-corrected chi connectivity index (χ4v) is 2.35. The lowest BCUT2D eigenvalue weighted by Crippen LogP contribution is -2.55. The van der Waals surface area contributed by atoms with Crippen LogP contribution in [0.1, 0.15) is 39.5 Å². The average Bonchev–Trinajstić information content (AvgIpc) is 2.65. The number of aliphatic carboxylic acids is 1. The predicted molar refractivity (Wildman–Crippen MR) is 104 cm³/mol. The molecule has 0 fully saturated rings. The summed E-state index contributed by atoms with van der Waals surface area (Å²) in [6.07, 6.45) is -0.347. The van der Waals surface area contributed by atoms with Crippen molar-refractivity contribution >= 4 is 35.5 Å². The van der Waals surface area contributed by atoms with E-state index >= 15 is 0 Å². The third-order valence-corrected chi connectivity index (χ3v) is 4.29. The fraction of sp³-hybridized carbons (Fsp3) is 0.647. The number of amides is 5. The first-order valence-electron chi connectivity index (χ1n) is 9.31. The number of hydrogen-bond acceptors (Lipinski definition) is 7. The molecule has 10 N–H and O–H groups in total. The zero-order valence-electron chi connectivity index (χ0n) is 17.0. The second-order valence-electron chi connectivity index (χ2n) is 6.83. The minimum absolute atomic E-state index is 0.172. The molecular formula is C17H30N6O7. The lowest BCUT2D eigenvalue weighted by Gasteiger charge is -2.24. The molecule has 0 aromatic heterocycles. The molecule has 0 rings (SSSR count). The summed E-state index contributed by atoms with van der Waals surface area (Å²) in [5, 5.41) is 16.1. The second kappa shape index (κ2) is 13.1. The van der Waals surface area contributed by atoms with Crippen molar-refractivity contribution in [2.75, 3.05) is 6.54 Å². The van der Waals surface area contributed by atoms with Crippen molar-refractivity contribution in [2.24, 2.45) is 23.1 Å². The lowest BCUT2D eigenvalue weighted by molar-refractivity contribution is -0.144. The van der Waals surface area contributed by atoms with E-state index in [0.29, 0.717) is 6.42 Å². The van der Waals surface area contributed by atoms with E-state index in [1.807, 2.05) is 0 Å². The van der Waals surface area contributed by atoms with Crippen LogP contribution in [0.4, 0.5) is 0 Å². The normalized spacial score (nSPS) is 14.5. The predicted octanol–water partition coefficient (Wildman–Crippen LogP) is -3.33. The van der Waals surface area contributed by atoms with Crippen LogP contribution >= 0.6 is 0 Å². The maximum atomic E-state index is 12.5. The SMILES string of the molecule is CCC(C)C(NC(=O)C(CCC(N)=O)NC(=O)CNC(=O)C(N)CC(N)=O)C(=O)O. The van der Waals surface area contributed by atoms with Gasteiger partial charge in [0.15, 0.2) is 0 Å². The molecule has 0 radical (unpaired) electrons. The summed E-state index contributed by atoms with van der Waals surface area (Å²) in [5.74, 6) is -5.55. The van der Waals surface area contributed by atoms with E-state index in [0.717, 1.165) is 0 Å². The Kier molecular flexibility index (Phi) is 11.7. The Morgan fingerprint density at radius 2 is 1.57 bits per heavy atom. The number of carboxylic acid groups (broad SMARTS) is 1. The van der Waals surface area contributed by atoms with Gasteiger partial charge in [-0.2, -0.15) is 0 Å². The van der Waals surface area contributed by atoms with Crippen molar-refractivity contribution in [3.63, 3.8) is 0 Å². The molecule has 0 heterocycles. The van der Waals surface area contributed by atoms with E-state index in [1.54, 1.807) is 13.8 Å².